The van der Waals surface area contributed by atoms with Gasteiger partial charge in [-0.15, -0.1) is 11.3 Å². The molecule has 0 unspecified atom stereocenters. The first kappa shape index (κ1) is 26.9. The standard InChI is InChI=1S/C26H22Br2N4O4S2/c1-36-19-11-14(10-18(28)23(19)34)12-29-31-21(33)13-37-26-30-24-22(17-4-2-3-5-20(17)38-24)25(35)32(26)16-8-6-15(27)7-9-16/h6-12,34H,2-5,13H2,1H3,(H,31,33)/b29-12+. The Bertz CT molecular complexity index is 1620. The molecule has 0 atom stereocenters. The predicted octanol–water partition coefficient (Wildman–Crippen LogP) is 5.81. The molecular formula is C26H22Br2N4O4S2. The van der Waals surface area contributed by atoms with Crippen molar-refractivity contribution in [2.45, 2.75) is 30.8 Å². The highest BCUT2D eigenvalue weighted by Crippen LogP contribution is 2.36. The van der Waals surface area contributed by atoms with Gasteiger partial charge in [-0.3, -0.25) is 14.2 Å². The molecule has 1 aliphatic rings. The first-order valence-corrected chi connectivity index (χ1v) is 15.1. The van der Waals surface area contributed by atoms with Crippen LogP contribution in [-0.4, -0.2) is 39.6 Å². The van der Waals surface area contributed by atoms with Crippen LogP contribution in [0.15, 0.2) is 60.4 Å². The van der Waals surface area contributed by atoms with Crippen molar-refractivity contribution in [1.82, 2.24) is 15.0 Å². The summed E-state index contributed by atoms with van der Waals surface area (Å²) >= 11 is 9.48. The number of aromatic hydroxyl groups is 1. The van der Waals surface area contributed by atoms with E-state index in [2.05, 4.69) is 42.4 Å². The quantitative estimate of drug-likeness (QED) is 0.111. The topological polar surface area (TPSA) is 106 Å². The molecule has 2 heterocycles. The van der Waals surface area contributed by atoms with Gasteiger partial charge in [-0.2, -0.15) is 5.10 Å². The summed E-state index contributed by atoms with van der Waals surface area (Å²) in [6.07, 6.45) is 5.51. The van der Waals surface area contributed by atoms with Gasteiger partial charge in [0.2, 0.25) is 0 Å². The Morgan fingerprint density at radius 3 is 2.79 bits per heavy atom. The summed E-state index contributed by atoms with van der Waals surface area (Å²) in [5.74, 6) is -0.0685. The number of hydrogen-bond acceptors (Lipinski definition) is 8. The van der Waals surface area contributed by atoms with E-state index in [-0.39, 0.29) is 28.7 Å². The summed E-state index contributed by atoms with van der Waals surface area (Å²) in [7, 11) is 1.45. The number of fused-ring (bicyclic) bond motifs is 3. The van der Waals surface area contributed by atoms with E-state index in [9.17, 15) is 14.7 Å². The number of nitrogens with zero attached hydrogens (tertiary/aromatic N) is 3. The summed E-state index contributed by atoms with van der Waals surface area (Å²) < 4.78 is 8.08. The number of rotatable bonds is 7. The second-order valence-corrected chi connectivity index (χ2v) is 12.3. The first-order valence-electron chi connectivity index (χ1n) is 11.7. The Morgan fingerprint density at radius 2 is 2.03 bits per heavy atom. The zero-order chi connectivity index (χ0) is 26.8. The van der Waals surface area contributed by atoms with Crippen LogP contribution < -0.4 is 15.7 Å². The van der Waals surface area contributed by atoms with Gasteiger partial charge in [-0.05, 0) is 89.1 Å². The zero-order valence-electron chi connectivity index (χ0n) is 20.2. The normalized spacial score (nSPS) is 13.1. The minimum atomic E-state index is -0.349. The summed E-state index contributed by atoms with van der Waals surface area (Å²) in [5, 5.41) is 15.1. The largest absolute Gasteiger partial charge is 0.503 e. The summed E-state index contributed by atoms with van der Waals surface area (Å²) in [5.41, 5.74) is 4.84. The molecule has 2 aromatic heterocycles. The SMILES string of the molecule is COc1cc(/C=N/NC(=O)CSc2nc3sc4c(c3c(=O)n2-c2ccc(Br)cc2)CCCC4)cc(Br)c1O. The lowest BCUT2D eigenvalue weighted by molar-refractivity contribution is -0.118. The van der Waals surface area contributed by atoms with Crippen molar-refractivity contribution in [1.29, 1.82) is 0 Å². The van der Waals surface area contributed by atoms with Crippen LogP contribution in [0, 0.1) is 0 Å². The number of amides is 1. The van der Waals surface area contributed by atoms with Gasteiger partial charge in [0.25, 0.3) is 11.5 Å². The number of thioether (sulfide) groups is 1. The number of thiophene rings is 1. The molecule has 2 N–H and O–H groups in total. The summed E-state index contributed by atoms with van der Waals surface area (Å²) in [6.45, 7) is 0. The smallest absolute Gasteiger partial charge is 0.267 e. The van der Waals surface area contributed by atoms with E-state index >= 15 is 0 Å². The highest BCUT2D eigenvalue weighted by atomic mass is 79.9. The number of halogens is 2. The molecule has 0 bridgehead atoms. The highest BCUT2D eigenvalue weighted by Gasteiger charge is 2.23. The molecular weight excluding hydrogens is 656 g/mol. The van der Waals surface area contributed by atoms with E-state index in [0.29, 0.717) is 26.3 Å². The number of hydrogen-bond donors (Lipinski definition) is 2. The van der Waals surface area contributed by atoms with E-state index in [1.165, 1.54) is 30.0 Å². The Morgan fingerprint density at radius 1 is 1.26 bits per heavy atom. The van der Waals surface area contributed by atoms with E-state index in [1.54, 1.807) is 28.0 Å². The molecule has 0 radical (unpaired) electrons. The fourth-order valence-corrected chi connectivity index (χ4v) is 7.10. The molecule has 196 valence electrons. The molecule has 0 aliphatic heterocycles. The molecule has 0 saturated heterocycles. The van der Waals surface area contributed by atoms with Gasteiger partial charge in [0, 0.05) is 9.35 Å². The molecule has 12 heteroatoms. The van der Waals surface area contributed by atoms with Gasteiger partial charge in [0.15, 0.2) is 16.7 Å². The second kappa shape index (κ2) is 11.6. The van der Waals surface area contributed by atoms with Crippen molar-refractivity contribution in [3.05, 3.63) is 71.7 Å². The number of phenols is 1. The number of aryl methyl sites for hydroxylation is 2. The number of carbonyl (C=O) groups excluding carboxylic acids is 1. The lowest BCUT2D eigenvalue weighted by atomic mass is 9.97. The minimum Gasteiger partial charge on any atom is -0.503 e. The zero-order valence-corrected chi connectivity index (χ0v) is 25.0. The maximum absolute atomic E-state index is 13.8. The third-order valence-electron chi connectivity index (χ3n) is 6.05. The van der Waals surface area contributed by atoms with Gasteiger partial charge in [0.05, 0.1) is 34.6 Å². The van der Waals surface area contributed by atoms with Crippen LogP contribution in [0.4, 0.5) is 0 Å². The molecule has 5 rings (SSSR count). The van der Waals surface area contributed by atoms with Crippen LogP contribution in [-0.2, 0) is 17.6 Å². The first-order chi connectivity index (χ1) is 18.4. The lowest BCUT2D eigenvalue weighted by Crippen LogP contribution is -2.24. The number of aromatic nitrogens is 2. The Labute approximate surface area is 243 Å². The lowest BCUT2D eigenvalue weighted by Gasteiger charge is -2.13. The van der Waals surface area contributed by atoms with Gasteiger partial charge in [-0.1, -0.05) is 27.7 Å². The third-order valence-corrected chi connectivity index (χ3v) is 9.31. The second-order valence-electron chi connectivity index (χ2n) is 8.54. The van der Waals surface area contributed by atoms with Crippen molar-refractivity contribution < 1.29 is 14.6 Å². The van der Waals surface area contributed by atoms with E-state index < -0.39 is 0 Å². The highest BCUT2D eigenvalue weighted by molar-refractivity contribution is 9.10. The predicted molar refractivity (Wildman–Crippen MR) is 158 cm³/mol. The monoisotopic (exact) mass is 676 g/mol. The van der Waals surface area contributed by atoms with Crippen molar-refractivity contribution in [2.75, 3.05) is 12.9 Å². The maximum Gasteiger partial charge on any atom is 0.267 e. The van der Waals surface area contributed by atoms with Gasteiger partial charge < -0.3 is 9.84 Å². The van der Waals surface area contributed by atoms with Crippen molar-refractivity contribution >= 4 is 77.3 Å². The van der Waals surface area contributed by atoms with Crippen LogP contribution >= 0.6 is 55.0 Å². The summed E-state index contributed by atoms with van der Waals surface area (Å²) in [4.78, 5) is 33.2. The maximum atomic E-state index is 13.8. The fourth-order valence-electron chi connectivity index (χ4n) is 4.27. The molecule has 8 nitrogen and oxygen atoms in total. The average molecular weight is 678 g/mol. The molecule has 2 aromatic carbocycles. The van der Waals surface area contributed by atoms with Gasteiger partial charge in [0.1, 0.15) is 4.83 Å². The Balaban J connectivity index is 1.40. The molecule has 0 saturated carbocycles. The van der Waals surface area contributed by atoms with Crippen LogP contribution in [0.5, 0.6) is 11.5 Å². The van der Waals surface area contributed by atoms with Crippen molar-refractivity contribution in [3.8, 4) is 17.2 Å². The van der Waals surface area contributed by atoms with E-state index in [0.717, 1.165) is 40.5 Å². The number of ether oxygens (including phenoxy) is 1. The van der Waals surface area contributed by atoms with Crippen LogP contribution in [0.2, 0.25) is 0 Å². The number of hydrazone groups is 1. The molecule has 1 amide bonds. The molecule has 0 spiro atoms. The Kier molecular flexibility index (Phi) is 8.22. The minimum absolute atomic E-state index is 0.0134. The fraction of sp³-hybridized carbons (Fsp3) is 0.231. The number of phenolic OH excluding ortho intramolecular Hbond substituents is 1. The number of carbonyl (C=O) groups is 1. The third kappa shape index (κ3) is 5.54. The number of nitrogens with one attached hydrogen (secondary N) is 1. The molecule has 4 aromatic rings. The van der Waals surface area contributed by atoms with E-state index in [4.69, 9.17) is 9.72 Å². The van der Waals surface area contributed by atoms with Crippen molar-refractivity contribution in [3.63, 3.8) is 0 Å². The average Bonchev–Trinajstić information content (AvgIpc) is 3.29. The van der Waals surface area contributed by atoms with Crippen LogP contribution in [0.1, 0.15) is 28.8 Å². The van der Waals surface area contributed by atoms with Gasteiger partial charge >= 0.3 is 0 Å². The number of benzene rings is 2. The van der Waals surface area contributed by atoms with Crippen LogP contribution in [0.25, 0.3) is 15.9 Å². The Hall–Kier alpha value is -2.67. The van der Waals surface area contributed by atoms with E-state index in [1.807, 2.05) is 24.3 Å². The van der Waals surface area contributed by atoms with Crippen LogP contribution in [0.3, 0.4) is 0 Å². The summed E-state index contributed by atoms with van der Waals surface area (Å²) in [6, 6.07) is 10.7. The molecule has 38 heavy (non-hydrogen) atoms. The number of methoxy groups -OCH3 is 1. The molecule has 0 fully saturated rings. The molecule has 1 aliphatic carbocycles. The van der Waals surface area contributed by atoms with Gasteiger partial charge in [-0.25, -0.2) is 10.4 Å². The van der Waals surface area contributed by atoms with Crippen molar-refractivity contribution in [2.24, 2.45) is 5.10 Å².